The van der Waals surface area contributed by atoms with Gasteiger partial charge in [-0.2, -0.15) is 0 Å². The average molecular weight is 223 g/mol. The third-order valence-corrected chi connectivity index (χ3v) is 3.62. The summed E-state index contributed by atoms with van der Waals surface area (Å²) >= 11 is 0. The Bertz CT molecular complexity index is 192. The largest absolute Gasteiger partial charge is 0.314 e. The fourth-order valence-electron chi connectivity index (χ4n) is 2.83. The molecule has 1 rings (SSSR count). The first-order valence-corrected chi connectivity index (χ1v) is 7.10. The molecule has 0 aromatic heterocycles. The Hall–Kier alpha value is -0.300. The summed E-state index contributed by atoms with van der Waals surface area (Å²) in [5.41, 5.74) is 1.32. The molecule has 0 aliphatic heterocycles. The Morgan fingerprint density at radius 3 is 2.56 bits per heavy atom. The van der Waals surface area contributed by atoms with Crippen LogP contribution < -0.4 is 5.32 Å². The number of hydrogen-bond donors (Lipinski definition) is 1. The Balaban J connectivity index is 2.31. The molecule has 1 fully saturated rings. The SMILES string of the molecule is C=C(C)CC(CC1CCCCC1)NCCC. The maximum Gasteiger partial charge on any atom is 0.0107 e. The van der Waals surface area contributed by atoms with Crippen LogP contribution in [-0.4, -0.2) is 12.6 Å². The molecule has 1 nitrogen and oxygen atoms in total. The van der Waals surface area contributed by atoms with Crippen LogP contribution in [0.2, 0.25) is 0 Å². The zero-order valence-corrected chi connectivity index (χ0v) is 11.2. The number of rotatable bonds is 7. The van der Waals surface area contributed by atoms with E-state index in [4.69, 9.17) is 0 Å². The smallest absolute Gasteiger partial charge is 0.0107 e. The highest BCUT2D eigenvalue weighted by atomic mass is 14.9. The van der Waals surface area contributed by atoms with Crippen molar-refractivity contribution in [2.45, 2.75) is 71.3 Å². The predicted molar refractivity (Wildman–Crippen MR) is 72.7 cm³/mol. The van der Waals surface area contributed by atoms with Gasteiger partial charge in [0.1, 0.15) is 0 Å². The van der Waals surface area contributed by atoms with Crippen molar-refractivity contribution in [3.05, 3.63) is 12.2 Å². The zero-order chi connectivity index (χ0) is 11.8. The predicted octanol–water partition coefficient (Wildman–Crippen LogP) is 4.29. The fraction of sp³-hybridized carbons (Fsp3) is 0.867. The molecule has 0 aromatic rings. The highest BCUT2D eigenvalue weighted by Crippen LogP contribution is 2.28. The van der Waals surface area contributed by atoms with Gasteiger partial charge in [0.15, 0.2) is 0 Å². The summed E-state index contributed by atoms with van der Waals surface area (Å²) < 4.78 is 0. The summed E-state index contributed by atoms with van der Waals surface area (Å²) in [4.78, 5) is 0. The first-order chi connectivity index (χ1) is 7.72. The van der Waals surface area contributed by atoms with Crippen molar-refractivity contribution in [3.63, 3.8) is 0 Å². The van der Waals surface area contributed by atoms with Crippen LogP contribution in [0.1, 0.15) is 65.2 Å². The van der Waals surface area contributed by atoms with Gasteiger partial charge in [-0.1, -0.05) is 44.6 Å². The minimum atomic E-state index is 0.681. The van der Waals surface area contributed by atoms with E-state index >= 15 is 0 Å². The van der Waals surface area contributed by atoms with E-state index in [2.05, 4.69) is 25.7 Å². The normalized spacial score (nSPS) is 19.6. The molecule has 94 valence electrons. The Labute approximate surface area is 102 Å². The zero-order valence-electron chi connectivity index (χ0n) is 11.2. The molecule has 0 bridgehead atoms. The quantitative estimate of drug-likeness (QED) is 0.635. The highest BCUT2D eigenvalue weighted by Gasteiger charge is 2.18. The molecule has 0 spiro atoms. The van der Waals surface area contributed by atoms with E-state index in [1.807, 2.05) is 0 Å². The van der Waals surface area contributed by atoms with E-state index in [1.165, 1.54) is 50.5 Å². The first-order valence-electron chi connectivity index (χ1n) is 7.10. The Morgan fingerprint density at radius 1 is 1.31 bits per heavy atom. The number of hydrogen-bond acceptors (Lipinski definition) is 1. The van der Waals surface area contributed by atoms with Gasteiger partial charge in [-0.25, -0.2) is 0 Å². The monoisotopic (exact) mass is 223 g/mol. The number of nitrogens with one attached hydrogen (secondary N) is 1. The van der Waals surface area contributed by atoms with Gasteiger partial charge < -0.3 is 5.32 Å². The standard InChI is InChI=1S/C15H29N/c1-4-10-16-15(11-13(2)3)12-14-8-6-5-7-9-14/h14-16H,2,4-12H2,1,3H3. The second-order valence-corrected chi connectivity index (χ2v) is 5.55. The molecule has 1 aliphatic carbocycles. The van der Waals surface area contributed by atoms with Crippen LogP contribution in [-0.2, 0) is 0 Å². The maximum atomic E-state index is 4.06. The van der Waals surface area contributed by atoms with Gasteiger partial charge in [0.2, 0.25) is 0 Å². The first kappa shape index (κ1) is 13.8. The van der Waals surface area contributed by atoms with Crippen molar-refractivity contribution in [3.8, 4) is 0 Å². The lowest BCUT2D eigenvalue weighted by atomic mass is 9.83. The molecule has 1 atom stereocenters. The fourth-order valence-corrected chi connectivity index (χ4v) is 2.83. The summed E-state index contributed by atoms with van der Waals surface area (Å²) in [5, 5.41) is 3.69. The van der Waals surface area contributed by atoms with E-state index in [9.17, 15) is 0 Å². The summed E-state index contributed by atoms with van der Waals surface area (Å²) in [6.45, 7) is 9.61. The molecule has 1 unspecified atom stereocenters. The highest BCUT2D eigenvalue weighted by molar-refractivity contribution is 4.93. The van der Waals surface area contributed by atoms with Gasteiger partial charge in [0, 0.05) is 6.04 Å². The van der Waals surface area contributed by atoms with Gasteiger partial charge >= 0.3 is 0 Å². The van der Waals surface area contributed by atoms with E-state index in [0.29, 0.717) is 6.04 Å². The molecule has 16 heavy (non-hydrogen) atoms. The second kappa shape index (κ2) is 7.89. The van der Waals surface area contributed by atoms with Crippen molar-refractivity contribution in [2.24, 2.45) is 5.92 Å². The van der Waals surface area contributed by atoms with Crippen molar-refractivity contribution < 1.29 is 0 Å². The Kier molecular flexibility index (Phi) is 6.79. The van der Waals surface area contributed by atoms with Gasteiger partial charge in [-0.05, 0) is 38.6 Å². The molecule has 1 aliphatic rings. The summed E-state index contributed by atoms with van der Waals surface area (Å²) in [6, 6.07) is 0.681. The molecule has 0 aromatic carbocycles. The van der Waals surface area contributed by atoms with Crippen LogP contribution in [0, 0.1) is 5.92 Å². The average Bonchev–Trinajstić information content (AvgIpc) is 2.26. The lowest BCUT2D eigenvalue weighted by molar-refractivity contribution is 0.296. The van der Waals surface area contributed by atoms with Crippen LogP contribution in [0.3, 0.4) is 0 Å². The second-order valence-electron chi connectivity index (χ2n) is 5.55. The maximum absolute atomic E-state index is 4.06. The van der Waals surface area contributed by atoms with Crippen LogP contribution >= 0.6 is 0 Å². The van der Waals surface area contributed by atoms with Crippen LogP contribution in [0.5, 0.6) is 0 Å². The molecule has 1 N–H and O–H groups in total. The van der Waals surface area contributed by atoms with E-state index < -0.39 is 0 Å². The minimum absolute atomic E-state index is 0.681. The van der Waals surface area contributed by atoms with Gasteiger partial charge in [0.25, 0.3) is 0 Å². The Morgan fingerprint density at radius 2 is 2.00 bits per heavy atom. The van der Waals surface area contributed by atoms with Crippen molar-refractivity contribution in [2.75, 3.05) is 6.54 Å². The van der Waals surface area contributed by atoms with Gasteiger partial charge in [-0.3, -0.25) is 0 Å². The molecule has 0 saturated heterocycles. The molecular formula is C15H29N. The molecule has 1 saturated carbocycles. The summed E-state index contributed by atoms with van der Waals surface area (Å²) in [6.07, 6.45) is 11.1. The summed E-state index contributed by atoms with van der Waals surface area (Å²) in [7, 11) is 0. The van der Waals surface area contributed by atoms with Crippen LogP contribution in [0.25, 0.3) is 0 Å². The third-order valence-electron chi connectivity index (χ3n) is 3.62. The third kappa shape index (κ3) is 5.69. The summed E-state index contributed by atoms with van der Waals surface area (Å²) in [5.74, 6) is 0.974. The lowest BCUT2D eigenvalue weighted by Gasteiger charge is -2.27. The van der Waals surface area contributed by atoms with Crippen LogP contribution in [0.4, 0.5) is 0 Å². The van der Waals surface area contributed by atoms with Gasteiger partial charge in [0.05, 0.1) is 0 Å². The molecule has 0 heterocycles. The van der Waals surface area contributed by atoms with E-state index in [0.717, 1.165) is 18.9 Å². The minimum Gasteiger partial charge on any atom is -0.314 e. The van der Waals surface area contributed by atoms with Crippen molar-refractivity contribution in [1.29, 1.82) is 0 Å². The topological polar surface area (TPSA) is 12.0 Å². The van der Waals surface area contributed by atoms with Crippen LogP contribution in [0.15, 0.2) is 12.2 Å². The van der Waals surface area contributed by atoms with Gasteiger partial charge in [-0.15, -0.1) is 6.58 Å². The van der Waals surface area contributed by atoms with Crippen molar-refractivity contribution >= 4 is 0 Å². The van der Waals surface area contributed by atoms with Crippen molar-refractivity contribution in [1.82, 2.24) is 5.32 Å². The van der Waals surface area contributed by atoms with E-state index in [-0.39, 0.29) is 0 Å². The molecule has 0 amide bonds. The molecular weight excluding hydrogens is 194 g/mol. The molecule has 0 radical (unpaired) electrons. The van der Waals surface area contributed by atoms with E-state index in [1.54, 1.807) is 0 Å². The lowest BCUT2D eigenvalue weighted by Crippen LogP contribution is -2.32. The molecule has 1 heteroatoms.